The van der Waals surface area contributed by atoms with Gasteiger partial charge in [-0.15, -0.1) is 0 Å². The first-order valence-electron chi connectivity index (χ1n) is 5.59. The highest BCUT2D eigenvalue weighted by molar-refractivity contribution is 5.64. The SMILES string of the molecule is NC1CCC2Cc3c(O)cccc3N2C1. The molecular weight excluding hydrogens is 188 g/mol. The van der Waals surface area contributed by atoms with Crippen LogP contribution in [-0.2, 0) is 6.42 Å². The second-order valence-electron chi connectivity index (χ2n) is 4.62. The molecule has 0 radical (unpaired) electrons. The lowest BCUT2D eigenvalue weighted by molar-refractivity contribution is 0.429. The molecule has 80 valence electrons. The fraction of sp³-hybridized carbons (Fsp3) is 0.500. The monoisotopic (exact) mass is 204 g/mol. The minimum absolute atomic E-state index is 0.287. The highest BCUT2D eigenvalue weighted by atomic mass is 16.3. The van der Waals surface area contributed by atoms with Gasteiger partial charge in [-0.2, -0.15) is 0 Å². The van der Waals surface area contributed by atoms with Gasteiger partial charge in [0, 0.05) is 29.9 Å². The van der Waals surface area contributed by atoms with Gasteiger partial charge in [0.25, 0.3) is 0 Å². The van der Waals surface area contributed by atoms with E-state index in [0.717, 1.165) is 31.4 Å². The molecule has 0 aliphatic carbocycles. The average Bonchev–Trinajstić information content (AvgIpc) is 2.58. The van der Waals surface area contributed by atoms with E-state index in [2.05, 4.69) is 11.0 Å². The molecule has 0 amide bonds. The Balaban J connectivity index is 2.01. The van der Waals surface area contributed by atoms with Crippen LogP contribution in [0.15, 0.2) is 18.2 Å². The van der Waals surface area contributed by atoms with Gasteiger partial charge in [0.2, 0.25) is 0 Å². The van der Waals surface area contributed by atoms with Crippen molar-refractivity contribution in [2.75, 3.05) is 11.4 Å². The smallest absolute Gasteiger partial charge is 0.120 e. The van der Waals surface area contributed by atoms with Crippen LogP contribution in [0.2, 0.25) is 0 Å². The van der Waals surface area contributed by atoms with E-state index >= 15 is 0 Å². The van der Waals surface area contributed by atoms with Crippen LogP contribution in [0.4, 0.5) is 5.69 Å². The van der Waals surface area contributed by atoms with E-state index in [1.165, 1.54) is 5.69 Å². The Morgan fingerprint density at radius 2 is 2.20 bits per heavy atom. The van der Waals surface area contributed by atoms with Crippen LogP contribution in [0.3, 0.4) is 0 Å². The number of hydrogen-bond donors (Lipinski definition) is 2. The molecule has 0 bridgehead atoms. The molecule has 1 aromatic carbocycles. The third kappa shape index (κ3) is 1.30. The van der Waals surface area contributed by atoms with Gasteiger partial charge < -0.3 is 15.7 Å². The molecule has 3 nitrogen and oxygen atoms in total. The first-order valence-corrected chi connectivity index (χ1v) is 5.59. The largest absolute Gasteiger partial charge is 0.508 e. The predicted octanol–water partition coefficient (Wildman–Crippen LogP) is 1.24. The van der Waals surface area contributed by atoms with Gasteiger partial charge in [-0.1, -0.05) is 6.07 Å². The molecule has 2 unspecified atom stereocenters. The molecule has 3 rings (SSSR count). The van der Waals surface area contributed by atoms with Crippen molar-refractivity contribution in [3.8, 4) is 5.75 Å². The highest BCUT2D eigenvalue weighted by Gasteiger charge is 2.34. The van der Waals surface area contributed by atoms with Gasteiger partial charge >= 0.3 is 0 Å². The van der Waals surface area contributed by atoms with Gasteiger partial charge in [0.1, 0.15) is 5.75 Å². The number of piperidine rings is 1. The average molecular weight is 204 g/mol. The summed E-state index contributed by atoms with van der Waals surface area (Å²) in [5.74, 6) is 0.440. The summed E-state index contributed by atoms with van der Waals surface area (Å²) in [5.41, 5.74) is 8.28. The molecule has 3 N–H and O–H groups in total. The van der Waals surface area contributed by atoms with E-state index in [1.54, 1.807) is 6.07 Å². The number of aromatic hydroxyl groups is 1. The molecular formula is C12H16N2O. The van der Waals surface area contributed by atoms with Crippen LogP contribution in [0.5, 0.6) is 5.75 Å². The zero-order valence-corrected chi connectivity index (χ0v) is 8.69. The first kappa shape index (κ1) is 9.04. The van der Waals surface area contributed by atoms with E-state index in [0.29, 0.717) is 11.8 Å². The number of benzene rings is 1. The maximum atomic E-state index is 9.79. The molecule has 15 heavy (non-hydrogen) atoms. The minimum Gasteiger partial charge on any atom is -0.508 e. The third-order valence-corrected chi connectivity index (χ3v) is 3.62. The molecule has 0 aromatic heterocycles. The van der Waals surface area contributed by atoms with Crippen LogP contribution in [0.25, 0.3) is 0 Å². The summed E-state index contributed by atoms with van der Waals surface area (Å²) in [4.78, 5) is 2.36. The van der Waals surface area contributed by atoms with Crippen LogP contribution in [0, 0.1) is 0 Å². The van der Waals surface area contributed by atoms with Gasteiger partial charge in [0.05, 0.1) is 0 Å². The fourth-order valence-corrected chi connectivity index (χ4v) is 2.84. The molecule has 1 fully saturated rings. The van der Waals surface area contributed by atoms with E-state index in [1.807, 2.05) is 6.07 Å². The lowest BCUT2D eigenvalue weighted by atomic mass is 9.98. The minimum atomic E-state index is 0.287. The Morgan fingerprint density at radius 1 is 1.33 bits per heavy atom. The zero-order valence-electron chi connectivity index (χ0n) is 8.69. The van der Waals surface area contributed by atoms with E-state index in [-0.39, 0.29) is 6.04 Å². The zero-order chi connectivity index (χ0) is 10.4. The lowest BCUT2D eigenvalue weighted by Crippen LogP contribution is -2.47. The number of nitrogens with zero attached hydrogens (tertiary/aromatic N) is 1. The molecule has 1 saturated heterocycles. The molecule has 2 atom stereocenters. The Morgan fingerprint density at radius 3 is 3.07 bits per heavy atom. The summed E-state index contributed by atoms with van der Waals surface area (Å²) >= 11 is 0. The lowest BCUT2D eigenvalue weighted by Gasteiger charge is -2.35. The molecule has 1 aromatic rings. The van der Waals surface area contributed by atoms with Crippen LogP contribution >= 0.6 is 0 Å². The molecule has 2 aliphatic rings. The summed E-state index contributed by atoms with van der Waals surface area (Å²) in [5, 5.41) is 9.79. The number of rotatable bonds is 0. The third-order valence-electron chi connectivity index (χ3n) is 3.62. The molecule has 0 saturated carbocycles. The van der Waals surface area contributed by atoms with Crippen molar-refractivity contribution in [2.45, 2.75) is 31.3 Å². The van der Waals surface area contributed by atoms with Crippen molar-refractivity contribution in [1.82, 2.24) is 0 Å². The van der Waals surface area contributed by atoms with Crippen molar-refractivity contribution >= 4 is 5.69 Å². The molecule has 2 aliphatic heterocycles. The van der Waals surface area contributed by atoms with E-state index in [4.69, 9.17) is 5.73 Å². The van der Waals surface area contributed by atoms with Gasteiger partial charge in [-0.25, -0.2) is 0 Å². The van der Waals surface area contributed by atoms with E-state index < -0.39 is 0 Å². The van der Waals surface area contributed by atoms with Crippen LogP contribution in [-0.4, -0.2) is 23.7 Å². The van der Waals surface area contributed by atoms with Crippen LogP contribution < -0.4 is 10.6 Å². The van der Waals surface area contributed by atoms with Gasteiger partial charge in [-0.05, 0) is 31.4 Å². The molecule has 3 heteroatoms. The Kier molecular flexibility index (Phi) is 1.89. The standard InChI is InChI=1S/C12H16N2O/c13-8-4-5-9-6-10-11(14(9)7-8)2-1-3-12(10)15/h1-3,8-9,15H,4-7,13H2. The summed E-state index contributed by atoms with van der Waals surface area (Å²) in [6.45, 7) is 0.932. The second kappa shape index (κ2) is 3.14. The van der Waals surface area contributed by atoms with Crippen LogP contribution in [0.1, 0.15) is 18.4 Å². The summed E-state index contributed by atoms with van der Waals surface area (Å²) in [6, 6.07) is 6.63. The number of phenols is 1. The number of anilines is 1. The second-order valence-corrected chi connectivity index (χ2v) is 4.62. The highest BCUT2D eigenvalue weighted by Crippen LogP contribution is 2.40. The number of fused-ring (bicyclic) bond motifs is 3. The summed E-state index contributed by atoms with van der Waals surface area (Å²) < 4.78 is 0. The first-order chi connectivity index (χ1) is 7.25. The van der Waals surface area contributed by atoms with Gasteiger partial charge in [0.15, 0.2) is 0 Å². The number of nitrogens with two attached hydrogens (primary N) is 1. The van der Waals surface area contributed by atoms with Crippen molar-refractivity contribution in [1.29, 1.82) is 0 Å². The van der Waals surface area contributed by atoms with Crippen molar-refractivity contribution in [3.63, 3.8) is 0 Å². The van der Waals surface area contributed by atoms with Gasteiger partial charge in [-0.3, -0.25) is 0 Å². The quantitative estimate of drug-likeness (QED) is 0.668. The number of hydrogen-bond acceptors (Lipinski definition) is 3. The normalized spacial score (nSPS) is 28.7. The van der Waals surface area contributed by atoms with Crippen molar-refractivity contribution in [2.24, 2.45) is 5.73 Å². The topological polar surface area (TPSA) is 49.5 Å². The van der Waals surface area contributed by atoms with Crippen molar-refractivity contribution in [3.05, 3.63) is 23.8 Å². The molecule has 0 spiro atoms. The number of phenolic OH excluding ortho intramolecular Hbond substituents is 1. The van der Waals surface area contributed by atoms with E-state index in [9.17, 15) is 5.11 Å². The summed E-state index contributed by atoms with van der Waals surface area (Å²) in [6.07, 6.45) is 3.24. The molecule has 2 heterocycles. The summed E-state index contributed by atoms with van der Waals surface area (Å²) in [7, 11) is 0. The maximum absolute atomic E-state index is 9.79. The Bertz CT molecular complexity index is 391. The predicted molar refractivity (Wildman–Crippen MR) is 60.2 cm³/mol. The Hall–Kier alpha value is -1.22. The van der Waals surface area contributed by atoms with Crippen molar-refractivity contribution < 1.29 is 5.11 Å². The fourth-order valence-electron chi connectivity index (χ4n) is 2.84. The Labute approximate surface area is 89.5 Å². The maximum Gasteiger partial charge on any atom is 0.120 e.